The number of hydrogen-bond acceptors (Lipinski definition) is 3. The van der Waals surface area contributed by atoms with Crippen molar-refractivity contribution in [3.05, 3.63) is 65.2 Å². The van der Waals surface area contributed by atoms with Gasteiger partial charge in [-0.05, 0) is 13.0 Å². The second-order valence-corrected chi connectivity index (χ2v) is 5.44. The van der Waals surface area contributed by atoms with Gasteiger partial charge in [-0.15, -0.1) is 0 Å². The molecule has 0 radical (unpaired) electrons. The normalized spacial score (nSPS) is 20.0. The van der Waals surface area contributed by atoms with Gasteiger partial charge in [0, 0.05) is 23.2 Å². The zero-order valence-corrected chi connectivity index (χ0v) is 11.7. The number of Topliss-reactive ketones (excluding diaryl/α,β-unsaturated/α-hetero) is 1. The first-order chi connectivity index (χ1) is 10.0. The maximum Gasteiger partial charge on any atom is 0.249 e. The van der Waals surface area contributed by atoms with Crippen molar-refractivity contribution in [3.8, 4) is 0 Å². The van der Waals surface area contributed by atoms with Gasteiger partial charge in [0.1, 0.15) is 5.54 Å². The Morgan fingerprint density at radius 3 is 2.62 bits per heavy atom. The summed E-state index contributed by atoms with van der Waals surface area (Å²) >= 11 is 0. The molecule has 0 fully saturated rings. The topological polar surface area (TPSA) is 72.2 Å². The molecule has 21 heavy (non-hydrogen) atoms. The van der Waals surface area contributed by atoms with Crippen molar-refractivity contribution >= 4 is 17.4 Å². The molecule has 3 rings (SSSR count). The fourth-order valence-electron chi connectivity index (χ4n) is 2.65. The van der Waals surface area contributed by atoms with Gasteiger partial charge in [0.25, 0.3) is 0 Å². The maximum absolute atomic E-state index is 12.4. The molecule has 4 nitrogen and oxygen atoms in total. The number of fused-ring (bicyclic) bond motifs is 1. The van der Waals surface area contributed by atoms with E-state index < -0.39 is 5.54 Å². The summed E-state index contributed by atoms with van der Waals surface area (Å²) in [4.78, 5) is 24.6. The minimum atomic E-state index is -1.30. The Labute approximate surface area is 123 Å². The number of hydrogen-bond donors (Lipinski definition) is 2. The van der Waals surface area contributed by atoms with E-state index in [1.54, 1.807) is 24.3 Å². The number of aryl methyl sites for hydroxylation is 1. The third-order valence-corrected chi connectivity index (χ3v) is 3.84. The first-order valence-corrected chi connectivity index (χ1v) is 6.80. The molecule has 0 aliphatic carbocycles. The zero-order valence-electron chi connectivity index (χ0n) is 11.7. The first kappa shape index (κ1) is 13.5. The molecular formula is C17H16N2O2. The van der Waals surface area contributed by atoms with Crippen LogP contribution in [0.1, 0.15) is 27.9 Å². The van der Waals surface area contributed by atoms with Gasteiger partial charge < -0.3 is 11.1 Å². The summed E-state index contributed by atoms with van der Waals surface area (Å²) in [5.74, 6) is -0.463. The molecular weight excluding hydrogens is 264 g/mol. The van der Waals surface area contributed by atoms with Crippen LogP contribution in [0.25, 0.3) is 0 Å². The predicted octanol–water partition coefficient (Wildman–Crippen LogP) is 2.37. The predicted molar refractivity (Wildman–Crippen MR) is 81.1 cm³/mol. The molecule has 3 N–H and O–H groups in total. The molecule has 1 unspecified atom stereocenters. The van der Waals surface area contributed by atoms with Gasteiger partial charge in [0.05, 0.1) is 0 Å². The number of rotatable bonds is 3. The third-order valence-electron chi connectivity index (χ3n) is 3.84. The lowest BCUT2D eigenvalue weighted by molar-refractivity contribution is -0.120. The average molecular weight is 280 g/mol. The van der Waals surface area contributed by atoms with Gasteiger partial charge >= 0.3 is 0 Å². The fraction of sp³-hybridized carbons (Fsp3) is 0.176. The molecule has 2 aromatic carbocycles. The van der Waals surface area contributed by atoms with E-state index in [0.717, 1.165) is 5.56 Å². The Bertz CT molecular complexity index is 725. The SMILES string of the molecule is Cc1ccc2c(c1)C(N)(CC(=O)c1ccccc1)C(=O)N2. The van der Waals surface area contributed by atoms with Crippen LogP contribution in [-0.2, 0) is 10.3 Å². The molecule has 106 valence electrons. The van der Waals surface area contributed by atoms with E-state index in [0.29, 0.717) is 16.8 Å². The van der Waals surface area contributed by atoms with Gasteiger partial charge in [0.15, 0.2) is 5.78 Å². The zero-order chi connectivity index (χ0) is 15.0. The number of anilines is 1. The van der Waals surface area contributed by atoms with Crippen LogP contribution in [0.3, 0.4) is 0 Å². The van der Waals surface area contributed by atoms with Crippen LogP contribution in [0.15, 0.2) is 48.5 Å². The summed E-state index contributed by atoms with van der Waals surface area (Å²) in [6, 6.07) is 14.5. The van der Waals surface area contributed by atoms with E-state index in [4.69, 9.17) is 5.73 Å². The molecule has 2 aromatic rings. The number of nitrogens with two attached hydrogens (primary N) is 1. The lowest BCUT2D eigenvalue weighted by Gasteiger charge is -2.21. The molecule has 4 heteroatoms. The molecule has 0 aromatic heterocycles. The smallest absolute Gasteiger partial charge is 0.249 e. The molecule has 0 bridgehead atoms. The third kappa shape index (κ3) is 2.23. The molecule has 1 atom stereocenters. The highest BCUT2D eigenvalue weighted by Crippen LogP contribution is 2.37. The summed E-state index contributed by atoms with van der Waals surface area (Å²) in [5, 5.41) is 2.76. The molecule has 0 saturated heterocycles. The van der Waals surface area contributed by atoms with Gasteiger partial charge in [-0.1, -0.05) is 48.0 Å². The van der Waals surface area contributed by atoms with Gasteiger partial charge in [-0.3, -0.25) is 9.59 Å². The van der Waals surface area contributed by atoms with Crippen LogP contribution in [0, 0.1) is 6.92 Å². The highest BCUT2D eigenvalue weighted by Gasteiger charge is 2.45. The van der Waals surface area contributed by atoms with E-state index in [9.17, 15) is 9.59 Å². The Kier molecular flexibility index (Phi) is 3.11. The number of carbonyl (C=O) groups excluding carboxylic acids is 2. The molecule has 1 aliphatic heterocycles. The van der Waals surface area contributed by atoms with Crippen LogP contribution < -0.4 is 11.1 Å². The summed E-state index contributed by atoms with van der Waals surface area (Å²) < 4.78 is 0. The lowest BCUT2D eigenvalue weighted by Crippen LogP contribution is -2.45. The van der Waals surface area contributed by atoms with E-state index in [-0.39, 0.29) is 18.1 Å². The monoisotopic (exact) mass is 280 g/mol. The minimum Gasteiger partial charge on any atom is -0.324 e. The minimum absolute atomic E-state index is 0.0424. The van der Waals surface area contributed by atoms with Crippen molar-refractivity contribution in [3.63, 3.8) is 0 Å². The number of nitrogens with one attached hydrogen (secondary N) is 1. The molecule has 1 aliphatic rings. The quantitative estimate of drug-likeness (QED) is 0.848. The highest BCUT2D eigenvalue weighted by atomic mass is 16.2. The van der Waals surface area contributed by atoms with E-state index >= 15 is 0 Å². The van der Waals surface area contributed by atoms with Crippen LogP contribution in [0.4, 0.5) is 5.69 Å². The average Bonchev–Trinajstić information content (AvgIpc) is 2.72. The summed E-state index contributed by atoms with van der Waals surface area (Å²) in [6.45, 7) is 1.93. The fourth-order valence-corrected chi connectivity index (χ4v) is 2.65. The lowest BCUT2D eigenvalue weighted by atomic mass is 9.85. The molecule has 1 heterocycles. The van der Waals surface area contributed by atoms with Gasteiger partial charge in [-0.25, -0.2) is 0 Å². The van der Waals surface area contributed by atoms with Crippen molar-refractivity contribution in [1.82, 2.24) is 0 Å². The largest absolute Gasteiger partial charge is 0.324 e. The van der Waals surface area contributed by atoms with Gasteiger partial charge in [-0.2, -0.15) is 0 Å². The maximum atomic E-state index is 12.4. The highest BCUT2D eigenvalue weighted by molar-refractivity contribution is 6.10. The van der Waals surface area contributed by atoms with Crippen molar-refractivity contribution in [2.45, 2.75) is 18.9 Å². The standard InChI is InChI=1S/C17H16N2O2/c1-11-7-8-14-13(9-11)17(18,16(21)19-14)10-15(20)12-5-3-2-4-6-12/h2-9H,10,18H2,1H3,(H,19,21). The molecule has 0 spiro atoms. The van der Waals surface area contributed by atoms with E-state index in [1.165, 1.54) is 0 Å². The van der Waals surface area contributed by atoms with E-state index in [1.807, 2.05) is 31.2 Å². The number of benzene rings is 2. The number of amides is 1. The Hall–Kier alpha value is -2.46. The van der Waals surface area contributed by atoms with Gasteiger partial charge in [0.2, 0.25) is 5.91 Å². The second kappa shape index (κ2) is 4.82. The van der Waals surface area contributed by atoms with Crippen molar-refractivity contribution in [1.29, 1.82) is 0 Å². The van der Waals surface area contributed by atoms with Crippen LogP contribution >= 0.6 is 0 Å². The van der Waals surface area contributed by atoms with Crippen LogP contribution in [-0.4, -0.2) is 11.7 Å². The Morgan fingerprint density at radius 1 is 1.19 bits per heavy atom. The Morgan fingerprint density at radius 2 is 1.90 bits per heavy atom. The van der Waals surface area contributed by atoms with E-state index in [2.05, 4.69) is 5.32 Å². The van der Waals surface area contributed by atoms with Crippen LogP contribution in [0.5, 0.6) is 0 Å². The molecule has 0 saturated carbocycles. The Balaban J connectivity index is 1.97. The first-order valence-electron chi connectivity index (χ1n) is 6.80. The number of ketones is 1. The second-order valence-electron chi connectivity index (χ2n) is 5.44. The number of carbonyl (C=O) groups is 2. The summed E-state index contributed by atoms with van der Waals surface area (Å²) in [5.41, 5.74) is 7.94. The van der Waals surface area contributed by atoms with Crippen LogP contribution in [0.2, 0.25) is 0 Å². The summed E-state index contributed by atoms with van der Waals surface area (Å²) in [6.07, 6.45) is -0.0424. The van der Waals surface area contributed by atoms with Crippen molar-refractivity contribution in [2.24, 2.45) is 5.73 Å². The van der Waals surface area contributed by atoms with Crippen molar-refractivity contribution < 1.29 is 9.59 Å². The molecule has 1 amide bonds. The van der Waals surface area contributed by atoms with Crippen molar-refractivity contribution in [2.75, 3.05) is 5.32 Å². The summed E-state index contributed by atoms with van der Waals surface area (Å²) in [7, 11) is 0.